The number of carboxylic acids is 1. The number of aliphatic carboxylic acids is 1. The lowest BCUT2D eigenvalue weighted by atomic mass is 9.82. The van der Waals surface area contributed by atoms with Crippen LogP contribution in [0.2, 0.25) is 0 Å². The quantitative estimate of drug-likeness (QED) is 0.175. The second-order valence-electron chi connectivity index (χ2n) is 17.9. The van der Waals surface area contributed by atoms with Crippen molar-refractivity contribution in [2.75, 3.05) is 6.61 Å². The lowest BCUT2D eigenvalue weighted by Crippen LogP contribution is -2.60. The van der Waals surface area contributed by atoms with E-state index in [4.69, 9.17) is 24.7 Å². The van der Waals surface area contributed by atoms with Crippen LogP contribution in [0.4, 0.5) is 0 Å². The second kappa shape index (κ2) is 28.1. The lowest BCUT2D eigenvalue weighted by molar-refractivity contribution is -0.307. The number of ether oxygens (including phenoxy) is 4. The zero-order valence-corrected chi connectivity index (χ0v) is 38.3. The summed E-state index contributed by atoms with van der Waals surface area (Å²) in [4.78, 5) is 25.1. The molecule has 0 aromatic rings. The van der Waals surface area contributed by atoms with Crippen molar-refractivity contribution in [3.63, 3.8) is 0 Å². The van der Waals surface area contributed by atoms with E-state index in [1.807, 2.05) is 31.2 Å². The number of carboxylic acid groups (broad SMARTS) is 1. The topological polar surface area (TPSA) is 320 Å². The molecule has 0 aliphatic carbocycles. The summed E-state index contributed by atoms with van der Waals surface area (Å²) < 4.78 is 23.4. The van der Waals surface area contributed by atoms with Crippen LogP contribution in [0.5, 0.6) is 0 Å². The largest absolute Gasteiger partial charge is 0.481 e. The first-order valence-electron chi connectivity index (χ1n) is 22.8. The van der Waals surface area contributed by atoms with Crippen molar-refractivity contribution in [2.24, 2.45) is 29.4 Å². The van der Waals surface area contributed by atoms with Gasteiger partial charge in [-0.2, -0.15) is 0 Å². The van der Waals surface area contributed by atoms with Gasteiger partial charge in [0.1, 0.15) is 18.1 Å². The number of allylic oxidation sites excluding steroid dienone is 12. The van der Waals surface area contributed by atoms with Crippen LogP contribution in [0.15, 0.2) is 85.1 Å². The van der Waals surface area contributed by atoms with Gasteiger partial charge in [0, 0.05) is 56.1 Å². The number of esters is 1. The molecule has 0 saturated carbocycles. The molecule has 3 rings (SSSR count). The van der Waals surface area contributed by atoms with E-state index in [0.29, 0.717) is 0 Å². The summed E-state index contributed by atoms with van der Waals surface area (Å²) in [7, 11) is 0. The molecule has 0 aromatic carbocycles. The van der Waals surface area contributed by atoms with Crippen molar-refractivity contribution in [3.8, 4) is 0 Å². The third-order valence-electron chi connectivity index (χ3n) is 12.5. The van der Waals surface area contributed by atoms with Crippen molar-refractivity contribution < 1.29 is 84.7 Å². The predicted octanol–water partition coefficient (Wildman–Crippen LogP) is 0.959. The predicted molar refractivity (Wildman–Crippen MR) is 242 cm³/mol. The average molecular weight is 938 g/mol. The van der Waals surface area contributed by atoms with Gasteiger partial charge in [-0.05, 0) is 33.1 Å². The van der Waals surface area contributed by atoms with Crippen LogP contribution in [0.25, 0.3) is 0 Å². The number of cyclic esters (lactones) is 1. The Morgan fingerprint density at radius 3 is 1.86 bits per heavy atom. The number of aliphatic hydroxyl groups excluding tert-OH is 9. The van der Waals surface area contributed by atoms with E-state index < -0.39 is 147 Å². The minimum absolute atomic E-state index is 0.106. The monoisotopic (exact) mass is 938 g/mol. The van der Waals surface area contributed by atoms with Crippen LogP contribution in [0, 0.1) is 23.7 Å². The molecule has 0 radical (unpaired) electrons. The molecule has 18 heteroatoms. The Labute approximate surface area is 387 Å². The highest BCUT2D eigenvalue weighted by Gasteiger charge is 2.51. The highest BCUT2D eigenvalue weighted by Crippen LogP contribution is 2.38. The zero-order valence-electron chi connectivity index (χ0n) is 38.3. The number of hydrogen-bond acceptors (Lipinski definition) is 17. The van der Waals surface area contributed by atoms with E-state index in [1.54, 1.807) is 75.5 Å². The maximum absolute atomic E-state index is 12.6. The van der Waals surface area contributed by atoms with Gasteiger partial charge in [0.2, 0.25) is 0 Å². The van der Waals surface area contributed by atoms with Crippen molar-refractivity contribution in [2.45, 2.75) is 170 Å². The summed E-state index contributed by atoms with van der Waals surface area (Å²) in [5.41, 5.74) is 6.22. The molecule has 2 fully saturated rings. The van der Waals surface area contributed by atoms with Gasteiger partial charge in [0.25, 0.3) is 0 Å². The molecule has 0 spiro atoms. The van der Waals surface area contributed by atoms with Crippen LogP contribution >= 0.6 is 0 Å². The first-order valence-corrected chi connectivity index (χ1v) is 22.8. The number of fused-ring (bicyclic) bond motifs is 2. The number of rotatable bonds is 4. The van der Waals surface area contributed by atoms with Crippen LogP contribution in [0.3, 0.4) is 0 Å². The Bertz CT molecular complexity index is 1680. The van der Waals surface area contributed by atoms with E-state index in [-0.39, 0.29) is 38.2 Å². The normalized spacial score (nSPS) is 45.0. The van der Waals surface area contributed by atoms with Gasteiger partial charge in [-0.1, -0.05) is 98.9 Å². The van der Waals surface area contributed by atoms with Crippen LogP contribution in [-0.2, 0) is 28.5 Å². The maximum atomic E-state index is 12.6. The molecular formula is C48H75NO17. The lowest BCUT2D eigenvalue weighted by Gasteiger charge is -2.45. The van der Waals surface area contributed by atoms with Crippen molar-refractivity contribution in [1.82, 2.24) is 0 Å². The van der Waals surface area contributed by atoms with Crippen LogP contribution in [0.1, 0.15) is 79.1 Å². The van der Waals surface area contributed by atoms with Crippen molar-refractivity contribution >= 4 is 11.9 Å². The van der Waals surface area contributed by atoms with Gasteiger partial charge in [-0.3, -0.25) is 9.59 Å². The van der Waals surface area contributed by atoms with Gasteiger partial charge >= 0.3 is 11.9 Å². The van der Waals surface area contributed by atoms with Crippen LogP contribution in [-0.4, -0.2) is 166 Å². The number of hydrogen-bond donors (Lipinski definition) is 12. The summed E-state index contributed by atoms with van der Waals surface area (Å²) in [6, 6.07) is -0.940. The van der Waals surface area contributed by atoms with E-state index in [2.05, 4.69) is 0 Å². The smallest absolute Gasteiger partial charge is 0.311 e. The standard InChI is InChI=1S/C48H75NO17/c1-28-17-15-13-11-9-7-5-6-8-10-12-14-16-18-35(65-47-45(59)43(49)36(27-50)31(4)64-47)24-40-42(46(60)61)39(56)26-48(62,66-40)25-34(53)22-38(55)37(54)20-19-32(51)21-33(52)23-41(57)63-30(3)29(2)44(28)58/h5-18,28-40,42-45,47,50-56,58-59,62H,19-27,49H2,1-4H3,(H,60,61)/b6-5+,9-7+,10-8+,13-11+,14-12+,17-15+,18-16+/t28-,29-,30-,31-,32+,33+,34-,35?,36+,37+,38+,39-,40-,42+,43-,44+,45-,47+,48+/m0/s1. The molecule has 18 nitrogen and oxygen atoms in total. The van der Waals surface area contributed by atoms with E-state index in [1.165, 1.54) is 6.08 Å². The van der Waals surface area contributed by atoms with E-state index in [0.717, 1.165) is 0 Å². The Kier molecular flexibility index (Phi) is 24.3. The highest BCUT2D eigenvalue weighted by molar-refractivity contribution is 5.71. The van der Waals surface area contributed by atoms with Gasteiger partial charge in [0.05, 0.1) is 67.5 Å². The third kappa shape index (κ3) is 18.6. The molecule has 374 valence electrons. The Morgan fingerprint density at radius 2 is 1.29 bits per heavy atom. The molecule has 3 aliphatic rings. The summed E-state index contributed by atoms with van der Waals surface area (Å²) in [6.07, 6.45) is 5.19. The molecule has 2 saturated heterocycles. The second-order valence-corrected chi connectivity index (χ2v) is 17.9. The van der Waals surface area contributed by atoms with E-state index in [9.17, 15) is 65.8 Å². The van der Waals surface area contributed by atoms with Crippen molar-refractivity contribution in [3.05, 3.63) is 85.1 Å². The molecule has 66 heavy (non-hydrogen) atoms. The Morgan fingerprint density at radius 1 is 0.712 bits per heavy atom. The summed E-state index contributed by atoms with van der Waals surface area (Å²) in [5, 5.41) is 118. The first-order chi connectivity index (χ1) is 31.2. The Balaban J connectivity index is 1.87. The average Bonchev–Trinajstić information content (AvgIpc) is 3.22. The van der Waals surface area contributed by atoms with Gasteiger partial charge in [-0.25, -0.2) is 0 Å². The summed E-state index contributed by atoms with van der Waals surface area (Å²) in [6.45, 7) is 6.51. The molecule has 3 aliphatic heterocycles. The molecule has 2 bridgehead atoms. The molecule has 13 N–H and O–H groups in total. The molecule has 19 atom stereocenters. The number of nitrogens with two attached hydrogens (primary N) is 1. The molecule has 0 aromatic heterocycles. The van der Waals surface area contributed by atoms with Crippen molar-refractivity contribution in [1.29, 1.82) is 0 Å². The minimum atomic E-state index is -2.32. The maximum Gasteiger partial charge on any atom is 0.311 e. The highest BCUT2D eigenvalue weighted by atomic mass is 16.7. The fourth-order valence-electron chi connectivity index (χ4n) is 8.31. The molecule has 0 amide bonds. The molecule has 3 heterocycles. The first kappa shape index (κ1) is 56.9. The minimum Gasteiger partial charge on any atom is -0.481 e. The zero-order chi connectivity index (χ0) is 49.1. The molecule has 1 unspecified atom stereocenters. The fraction of sp³-hybridized carbons (Fsp3) is 0.667. The Hall–Kier alpha value is -3.44. The SMILES string of the molecule is C[C@@H]1[C@H](O)[C@@H](C)/C=C/C=C/C=C/C=C/C=C/C=C/C=C/C(O[C@H]2O[C@@H](C)[C@@H](CO)[C@H](N)[C@@H]2O)C[C@@H]2O[C@](O)(C[C@@H](O)C[C@@H](O)[C@H](O)CC[C@@H](O)C[C@@H](O)CC(=O)O[C@H]1C)C[C@H](O)[C@H]2C(=O)O. The summed E-state index contributed by atoms with van der Waals surface area (Å²) in [5.74, 6) is -7.41. The third-order valence-corrected chi connectivity index (χ3v) is 12.5. The fourth-order valence-corrected chi connectivity index (χ4v) is 8.31. The summed E-state index contributed by atoms with van der Waals surface area (Å²) >= 11 is 0. The van der Waals surface area contributed by atoms with Gasteiger partial charge in [0.15, 0.2) is 12.1 Å². The molecular weight excluding hydrogens is 863 g/mol. The number of aliphatic hydroxyl groups is 10. The number of carbonyl (C=O) groups excluding carboxylic acids is 1. The van der Waals surface area contributed by atoms with Gasteiger partial charge < -0.3 is 80.9 Å². The number of carbonyl (C=O) groups is 2. The van der Waals surface area contributed by atoms with Gasteiger partial charge in [-0.15, -0.1) is 0 Å². The van der Waals surface area contributed by atoms with E-state index >= 15 is 0 Å². The van der Waals surface area contributed by atoms with Crippen LogP contribution < -0.4 is 5.73 Å².